The summed E-state index contributed by atoms with van der Waals surface area (Å²) in [5.41, 5.74) is 1.81. The molecule has 3 aliphatic rings. The van der Waals surface area contributed by atoms with E-state index in [4.69, 9.17) is 5.26 Å². The average Bonchev–Trinajstić information content (AvgIpc) is 2.79. The van der Waals surface area contributed by atoms with E-state index in [1.807, 2.05) is 12.1 Å². The molecule has 0 bridgehead atoms. The van der Waals surface area contributed by atoms with Crippen LogP contribution in [0.4, 0.5) is 0 Å². The number of aliphatic hydroxyl groups is 1. The minimum Gasteiger partial charge on any atom is -0.508 e. The Hall–Kier alpha value is -1.53. The van der Waals surface area contributed by atoms with E-state index in [9.17, 15) is 10.2 Å². The van der Waals surface area contributed by atoms with Crippen molar-refractivity contribution in [1.29, 1.82) is 5.26 Å². The van der Waals surface area contributed by atoms with Crippen molar-refractivity contribution < 1.29 is 10.2 Å². The summed E-state index contributed by atoms with van der Waals surface area (Å²) in [5.74, 6) is 2.05. The average molecular weight is 311 g/mol. The lowest BCUT2D eigenvalue weighted by molar-refractivity contribution is -0.0992. The fourth-order valence-corrected chi connectivity index (χ4v) is 6.10. The molecule has 2 fully saturated rings. The zero-order valence-electron chi connectivity index (χ0n) is 13.8. The van der Waals surface area contributed by atoms with Crippen LogP contribution < -0.4 is 0 Å². The second-order valence-corrected chi connectivity index (χ2v) is 8.16. The highest BCUT2D eigenvalue weighted by Crippen LogP contribution is 2.64. The molecular formula is C20H25NO2. The predicted molar refractivity (Wildman–Crippen MR) is 87.9 cm³/mol. The van der Waals surface area contributed by atoms with E-state index in [0.717, 1.165) is 38.5 Å². The van der Waals surface area contributed by atoms with Gasteiger partial charge in [-0.3, -0.25) is 0 Å². The fraction of sp³-hybridized carbons (Fsp3) is 0.650. The highest BCUT2D eigenvalue weighted by Gasteiger charge is 2.61. The summed E-state index contributed by atoms with van der Waals surface area (Å²) in [7, 11) is 0. The van der Waals surface area contributed by atoms with Crippen molar-refractivity contribution in [3.8, 4) is 11.8 Å². The minimum atomic E-state index is -0.799. The number of benzene rings is 1. The smallest absolute Gasteiger partial charge is 0.115 e. The van der Waals surface area contributed by atoms with Crippen molar-refractivity contribution in [2.75, 3.05) is 0 Å². The standard InChI is InChI=1S/C20H25NO2/c1-19-8-6-16-15-5-3-14(22)12-13(15)2-4-17(16)18(19)7-9-20(19,23)10-11-21/h3,5,12,16-18,22-23H,2,4,6-10H2,1H3/t16?,17?,18?,19-,20+/m0/s1. The first-order chi connectivity index (χ1) is 11.0. The molecule has 3 unspecified atom stereocenters. The first-order valence-electron chi connectivity index (χ1n) is 8.90. The maximum atomic E-state index is 11.1. The Morgan fingerprint density at radius 1 is 1.26 bits per heavy atom. The third-order valence-corrected chi connectivity index (χ3v) is 7.40. The molecule has 3 nitrogen and oxygen atoms in total. The summed E-state index contributed by atoms with van der Waals surface area (Å²) in [6, 6.07) is 8.08. The van der Waals surface area contributed by atoms with Gasteiger partial charge in [-0.15, -0.1) is 0 Å². The monoisotopic (exact) mass is 311 g/mol. The number of aromatic hydroxyl groups is 1. The SMILES string of the molecule is C[C@]12CCC3c4ccc(O)cc4CCC3C1CC[C@@]2(O)CC#N. The Labute approximate surface area is 138 Å². The molecule has 3 aliphatic carbocycles. The van der Waals surface area contributed by atoms with Gasteiger partial charge in [-0.1, -0.05) is 13.0 Å². The van der Waals surface area contributed by atoms with Gasteiger partial charge in [0.05, 0.1) is 18.1 Å². The number of rotatable bonds is 1. The second-order valence-electron chi connectivity index (χ2n) is 8.16. The van der Waals surface area contributed by atoms with E-state index in [1.165, 1.54) is 11.1 Å². The van der Waals surface area contributed by atoms with E-state index >= 15 is 0 Å². The van der Waals surface area contributed by atoms with Crippen LogP contribution in [0.3, 0.4) is 0 Å². The largest absolute Gasteiger partial charge is 0.508 e. The lowest BCUT2D eigenvalue weighted by Crippen LogP contribution is -2.50. The van der Waals surface area contributed by atoms with Gasteiger partial charge >= 0.3 is 0 Å². The van der Waals surface area contributed by atoms with Crippen LogP contribution in [0, 0.1) is 28.6 Å². The lowest BCUT2D eigenvalue weighted by Gasteiger charge is -2.53. The number of aryl methyl sites for hydroxylation is 1. The highest BCUT2D eigenvalue weighted by atomic mass is 16.3. The van der Waals surface area contributed by atoms with Gasteiger partial charge in [0.25, 0.3) is 0 Å². The van der Waals surface area contributed by atoms with Crippen LogP contribution in [0.1, 0.15) is 62.5 Å². The van der Waals surface area contributed by atoms with E-state index < -0.39 is 5.60 Å². The topological polar surface area (TPSA) is 64.2 Å². The van der Waals surface area contributed by atoms with Gasteiger partial charge in [0.1, 0.15) is 5.75 Å². The van der Waals surface area contributed by atoms with Crippen molar-refractivity contribution >= 4 is 0 Å². The third-order valence-electron chi connectivity index (χ3n) is 7.40. The number of nitriles is 1. The zero-order valence-corrected chi connectivity index (χ0v) is 13.8. The summed E-state index contributed by atoms with van der Waals surface area (Å²) in [6.07, 6.45) is 6.33. The quantitative estimate of drug-likeness (QED) is 0.827. The molecule has 23 heavy (non-hydrogen) atoms. The number of phenolic OH excluding ortho intramolecular Hbond substituents is 1. The van der Waals surface area contributed by atoms with E-state index in [0.29, 0.717) is 23.5 Å². The molecule has 0 amide bonds. The molecule has 2 N–H and O–H groups in total. The van der Waals surface area contributed by atoms with Crippen LogP contribution in [0.15, 0.2) is 18.2 Å². The molecule has 3 heteroatoms. The number of hydrogen-bond donors (Lipinski definition) is 2. The number of phenols is 1. The van der Waals surface area contributed by atoms with Crippen molar-refractivity contribution in [3.05, 3.63) is 29.3 Å². The Kier molecular flexibility index (Phi) is 3.25. The predicted octanol–water partition coefficient (Wildman–Crippen LogP) is 3.89. The maximum absolute atomic E-state index is 11.1. The Morgan fingerprint density at radius 3 is 2.87 bits per heavy atom. The van der Waals surface area contributed by atoms with Crippen molar-refractivity contribution in [2.45, 2.75) is 63.4 Å². The van der Waals surface area contributed by atoms with Gasteiger partial charge in [0.2, 0.25) is 0 Å². The summed E-state index contributed by atoms with van der Waals surface area (Å²) < 4.78 is 0. The van der Waals surface area contributed by atoms with Crippen molar-refractivity contribution in [1.82, 2.24) is 0 Å². The summed E-state index contributed by atoms with van der Waals surface area (Å²) in [4.78, 5) is 0. The van der Waals surface area contributed by atoms with Crippen LogP contribution in [-0.4, -0.2) is 15.8 Å². The minimum absolute atomic E-state index is 0.113. The van der Waals surface area contributed by atoms with Gasteiger partial charge in [-0.05, 0) is 79.5 Å². The van der Waals surface area contributed by atoms with E-state index in [2.05, 4.69) is 19.1 Å². The molecular weight excluding hydrogens is 286 g/mol. The number of fused-ring (bicyclic) bond motifs is 5. The first kappa shape index (κ1) is 15.0. The van der Waals surface area contributed by atoms with Crippen molar-refractivity contribution in [2.24, 2.45) is 17.3 Å². The summed E-state index contributed by atoms with van der Waals surface area (Å²) in [6.45, 7) is 2.23. The molecule has 4 rings (SSSR count). The van der Waals surface area contributed by atoms with Crippen LogP contribution in [0.25, 0.3) is 0 Å². The molecule has 0 heterocycles. The highest BCUT2D eigenvalue weighted by molar-refractivity contribution is 5.40. The van der Waals surface area contributed by atoms with Crippen LogP contribution >= 0.6 is 0 Å². The Bertz CT molecular complexity index is 679. The van der Waals surface area contributed by atoms with Gasteiger partial charge in [0.15, 0.2) is 0 Å². The number of nitrogens with zero attached hydrogens (tertiary/aromatic N) is 1. The molecule has 5 atom stereocenters. The Balaban J connectivity index is 1.69. The Morgan fingerprint density at radius 2 is 2.09 bits per heavy atom. The van der Waals surface area contributed by atoms with Gasteiger partial charge < -0.3 is 10.2 Å². The summed E-state index contributed by atoms with van der Waals surface area (Å²) >= 11 is 0. The molecule has 0 aromatic heterocycles. The molecule has 1 aromatic carbocycles. The summed E-state index contributed by atoms with van der Waals surface area (Å²) in [5, 5.41) is 30.0. The van der Waals surface area contributed by atoms with Crippen molar-refractivity contribution in [3.63, 3.8) is 0 Å². The second kappa shape index (κ2) is 4.98. The lowest BCUT2D eigenvalue weighted by atomic mass is 9.53. The molecule has 2 saturated carbocycles. The molecule has 0 saturated heterocycles. The van der Waals surface area contributed by atoms with Crippen LogP contribution in [0.2, 0.25) is 0 Å². The van der Waals surface area contributed by atoms with Crippen LogP contribution in [0.5, 0.6) is 5.75 Å². The van der Waals surface area contributed by atoms with Gasteiger partial charge in [-0.25, -0.2) is 0 Å². The normalized spacial score (nSPS) is 41.5. The molecule has 1 aromatic rings. The molecule has 0 spiro atoms. The molecule has 122 valence electrons. The third kappa shape index (κ3) is 1.97. The van der Waals surface area contributed by atoms with Crippen LogP contribution in [-0.2, 0) is 6.42 Å². The van der Waals surface area contributed by atoms with Gasteiger partial charge in [-0.2, -0.15) is 5.26 Å². The van der Waals surface area contributed by atoms with E-state index in [-0.39, 0.29) is 11.8 Å². The maximum Gasteiger partial charge on any atom is 0.115 e. The molecule has 0 aliphatic heterocycles. The van der Waals surface area contributed by atoms with Gasteiger partial charge in [0, 0.05) is 5.41 Å². The molecule has 0 radical (unpaired) electrons. The number of hydrogen-bond acceptors (Lipinski definition) is 3. The first-order valence-corrected chi connectivity index (χ1v) is 8.90. The van der Waals surface area contributed by atoms with E-state index in [1.54, 1.807) is 0 Å². The zero-order chi connectivity index (χ0) is 16.2. The fourth-order valence-electron chi connectivity index (χ4n) is 6.10.